The van der Waals surface area contributed by atoms with Gasteiger partial charge >= 0.3 is 0 Å². The largest absolute Gasteiger partial charge is 0.327 e. The van der Waals surface area contributed by atoms with E-state index in [2.05, 4.69) is 0 Å². The van der Waals surface area contributed by atoms with Gasteiger partial charge in [0.15, 0.2) is 0 Å². The third-order valence-electron chi connectivity index (χ3n) is 6.23. The molecule has 5 rings (SSSR count). The maximum absolute atomic E-state index is 6.16. The minimum absolute atomic E-state index is 0.619. The molecule has 0 bridgehead atoms. The van der Waals surface area contributed by atoms with Gasteiger partial charge < -0.3 is 5.73 Å². The molecular formula is C10H13N. The van der Waals surface area contributed by atoms with Gasteiger partial charge in [0.1, 0.15) is 0 Å². The first-order chi connectivity index (χ1) is 5.32. The smallest absolute Gasteiger partial charge is 0.00785 e. The highest BCUT2D eigenvalue weighted by molar-refractivity contribution is 5.51. The Morgan fingerprint density at radius 1 is 1.27 bits per heavy atom. The van der Waals surface area contributed by atoms with E-state index in [1.807, 2.05) is 0 Å². The summed E-state index contributed by atoms with van der Waals surface area (Å²) >= 11 is 0. The van der Waals surface area contributed by atoms with Crippen molar-refractivity contribution >= 4 is 0 Å². The van der Waals surface area contributed by atoms with Gasteiger partial charge in [0.2, 0.25) is 0 Å². The molecule has 0 saturated heterocycles. The van der Waals surface area contributed by atoms with Crippen LogP contribution in [0, 0.1) is 34.5 Å². The minimum Gasteiger partial charge on any atom is -0.327 e. The van der Waals surface area contributed by atoms with Gasteiger partial charge in [-0.25, -0.2) is 0 Å². The molecule has 0 aliphatic heterocycles. The van der Waals surface area contributed by atoms with E-state index >= 15 is 0 Å². The van der Waals surface area contributed by atoms with Crippen LogP contribution in [0.5, 0.6) is 0 Å². The van der Waals surface area contributed by atoms with Crippen molar-refractivity contribution < 1.29 is 0 Å². The number of rotatable bonds is 0. The summed E-state index contributed by atoms with van der Waals surface area (Å²) in [5.41, 5.74) is 8.02. The molecule has 5 aliphatic rings. The normalized spacial score (nSPS) is 90.8. The van der Waals surface area contributed by atoms with Gasteiger partial charge in [-0.2, -0.15) is 0 Å². The highest BCUT2D eigenvalue weighted by atomic mass is 15.1. The van der Waals surface area contributed by atoms with E-state index in [4.69, 9.17) is 5.73 Å². The molecule has 0 aromatic rings. The topological polar surface area (TPSA) is 26.0 Å². The van der Waals surface area contributed by atoms with Crippen LogP contribution < -0.4 is 5.73 Å². The van der Waals surface area contributed by atoms with Crippen LogP contribution in [-0.4, -0.2) is 6.04 Å². The lowest BCUT2D eigenvalue weighted by molar-refractivity contribution is 0.0735. The van der Waals surface area contributed by atoms with E-state index < -0.39 is 0 Å². The molecule has 0 radical (unpaired) electrons. The molecule has 7 atom stereocenters. The van der Waals surface area contributed by atoms with Crippen molar-refractivity contribution in [2.45, 2.75) is 25.3 Å². The fourth-order valence-corrected chi connectivity index (χ4v) is 6.46. The Labute approximate surface area is 66.3 Å². The summed E-state index contributed by atoms with van der Waals surface area (Å²) < 4.78 is 0. The van der Waals surface area contributed by atoms with Gasteiger partial charge in [-0.05, 0) is 53.8 Å². The minimum atomic E-state index is 0.619. The van der Waals surface area contributed by atoms with Crippen molar-refractivity contribution in [1.29, 1.82) is 0 Å². The Kier molecular flexibility index (Phi) is 0.393. The van der Waals surface area contributed by atoms with Crippen molar-refractivity contribution in [2.24, 2.45) is 40.2 Å². The van der Waals surface area contributed by atoms with Crippen molar-refractivity contribution in [2.75, 3.05) is 0 Å². The van der Waals surface area contributed by atoms with Gasteiger partial charge in [0.05, 0.1) is 0 Å². The lowest BCUT2D eigenvalue weighted by atomic mass is 9.64. The Balaban J connectivity index is 1.83. The molecule has 5 saturated carbocycles. The number of nitrogens with two attached hydrogens (primary N) is 1. The van der Waals surface area contributed by atoms with Crippen LogP contribution in [0.2, 0.25) is 0 Å². The second-order valence-electron chi connectivity index (χ2n) is 5.76. The fourth-order valence-electron chi connectivity index (χ4n) is 6.46. The molecule has 11 heavy (non-hydrogen) atoms. The van der Waals surface area contributed by atoms with E-state index in [0.717, 1.165) is 28.6 Å². The van der Waals surface area contributed by atoms with Gasteiger partial charge in [0.25, 0.3) is 0 Å². The summed E-state index contributed by atoms with van der Waals surface area (Å²) in [4.78, 5) is 0. The van der Waals surface area contributed by atoms with E-state index in [1.54, 1.807) is 12.8 Å². The van der Waals surface area contributed by atoms with Crippen molar-refractivity contribution in [1.82, 2.24) is 0 Å². The quantitative estimate of drug-likeness (QED) is 0.543. The molecule has 2 spiro atoms. The van der Waals surface area contributed by atoms with E-state index in [1.165, 1.54) is 12.3 Å². The molecule has 0 aromatic heterocycles. The van der Waals surface area contributed by atoms with E-state index in [9.17, 15) is 0 Å². The molecule has 1 heteroatoms. The van der Waals surface area contributed by atoms with Crippen LogP contribution in [0.3, 0.4) is 0 Å². The highest BCUT2D eigenvalue weighted by Gasteiger charge is 3.04. The van der Waals surface area contributed by atoms with Crippen molar-refractivity contribution in [3.05, 3.63) is 0 Å². The monoisotopic (exact) mass is 147 g/mol. The van der Waals surface area contributed by atoms with Crippen LogP contribution in [0.25, 0.3) is 0 Å². The predicted octanol–water partition coefficient (Wildman–Crippen LogP) is 0.990. The summed E-state index contributed by atoms with van der Waals surface area (Å²) in [6.07, 6.45) is 4.56. The Morgan fingerprint density at radius 3 is 2.91 bits per heavy atom. The van der Waals surface area contributed by atoms with Crippen molar-refractivity contribution in [3.63, 3.8) is 0 Å². The van der Waals surface area contributed by atoms with Crippen LogP contribution in [-0.2, 0) is 0 Å². The summed E-state index contributed by atoms with van der Waals surface area (Å²) in [6, 6.07) is 0.619. The fraction of sp³-hybridized carbons (Fsp3) is 1.00. The Morgan fingerprint density at radius 2 is 2.18 bits per heavy atom. The number of fused-ring (bicyclic) bond motifs is 1. The molecule has 2 N–H and O–H groups in total. The van der Waals surface area contributed by atoms with Gasteiger partial charge in [-0.3, -0.25) is 0 Å². The molecule has 5 fully saturated rings. The molecular weight excluding hydrogens is 134 g/mol. The second-order valence-corrected chi connectivity index (χ2v) is 5.76. The molecule has 0 aromatic carbocycles. The Bertz CT molecular complexity index is 295. The zero-order chi connectivity index (χ0) is 7.01. The third-order valence-corrected chi connectivity index (χ3v) is 6.23. The van der Waals surface area contributed by atoms with Gasteiger partial charge in [0, 0.05) is 6.04 Å². The maximum atomic E-state index is 6.16. The summed E-state index contributed by atoms with van der Waals surface area (Å²) in [6.45, 7) is 0. The first-order valence-electron chi connectivity index (χ1n) is 5.08. The molecule has 5 aliphatic carbocycles. The number of hydrogen-bond acceptors (Lipinski definition) is 1. The van der Waals surface area contributed by atoms with Crippen LogP contribution in [0.15, 0.2) is 0 Å². The number of hydrogen-bond donors (Lipinski definition) is 1. The standard InChI is InChI=1S/C10H13N/c11-6-1-4-2-9-3-5-7(6)10(4,9)8(5)9/h4-8H,1-3,11H2. The van der Waals surface area contributed by atoms with Gasteiger partial charge in [-0.15, -0.1) is 0 Å². The second kappa shape index (κ2) is 0.891. The van der Waals surface area contributed by atoms with E-state index in [-0.39, 0.29) is 0 Å². The first kappa shape index (κ1) is 4.86. The van der Waals surface area contributed by atoms with Crippen LogP contribution in [0.1, 0.15) is 19.3 Å². The lowest BCUT2D eigenvalue weighted by Gasteiger charge is -2.40. The highest BCUT2D eigenvalue weighted by Crippen LogP contribution is 3.07. The van der Waals surface area contributed by atoms with Crippen LogP contribution in [0.4, 0.5) is 0 Å². The summed E-state index contributed by atoms with van der Waals surface area (Å²) in [7, 11) is 0. The molecule has 58 valence electrons. The molecule has 0 amide bonds. The van der Waals surface area contributed by atoms with Crippen molar-refractivity contribution in [3.8, 4) is 0 Å². The third kappa shape index (κ3) is 0.195. The van der Waals surface area contributed by atoms with Gasteiger partial charge in [-0.1, -0.05) is 0 Å². The Hall–Kier alpha value is -0.0400. The van der Waals surface area contributed by atoms with E-state index in [0.29, 0.717) is 6.04 Å². The first-order valence-corrected chi connectivity index (χ1v) is 5.08. The zero-order valence-corrected chi connectivity index (χ0v) is 6.59. The summed E-state index contributed by atoms with van der Waals surface area (Å²) in [5, 5.41) is 0. The SMILES string of the molecule is NC1CC2CC34CC5C1C23C54. The molecule has 0 heterocycles. The average Bonchev–Trinajstić information content (AvgIpc) is 2.17. The summed E-state index contributed by atoms with van der Waals surface area (Å²) in [5.74, 6) is 4.47. The maximum Gasteiger partial charge on any atom is 0.00785 e. The zero-order valence-electron chi connectivity index (χ0n) is 6.59. The average molecular weight is 147 g/mol. The molecule has 7 unspecified atom stereocenters. The lowest BCUT2D eigenvalue weighted by Crippen LogP contribution is -2.43. The molecule has 1 nitrogen and oxygen atoms in total. The predicted molar refractivity (Wildman–Crippen MR) is 40.7 cm³/mol. The van der Waals surface area contributed by atoms with Crippen LogP contribution >= 0.6 is 0 Å².